The number of rotatable bonds is 5. The maximum atomic E-state index is 12.8. The Morgan fingerprint density at radius 1 is 1.09 bits per heavy atom. The third kappa shape index (κ3) is 5.26. The van der Waals surface area contributed by atoms with E-state index < -0.39 is 11.7 Å². The van der Waals surface area contributed by atoms with Gasteiger partial charge in [0, 0.05) is 43.8 Å². The van der Waals surface area contributed by atoms with E-state index in [-0.39, 0.29) is 6.04 Å². The third-order valence-electron chi connectivity index (χ3n) is 6.40. The number of thiocarbonyl (C=S) groups is 1. The lowest BCUT2D eigenvalue weighted by Gasteiger charge is -2.41. The van der Waals surface area contributed by atoms with Crippen molar-refractivity contribution in [3.05, 3.63) is 78.4 Å². The number of nitrogens with one attached hydrogen (secondary N) is 1. The number of imidazole rings is 1. The van der Waals surface area contributed by atoms with Crippen LogP contribution in [0.25, 0.3) is 5.69 Å². The highest BCUT2D eigenvalue weighted by Gasteiger charge is 2.31. The standard InChI is InChI=1S/C25H28F3N5S/c1-18(23-16-32(17-30-23)20-10-8-19(9-11-20)25(26,27)28)31-14-12-22(13-15-31)33(24(34)29-2)21-6-4-3-5-7-21/h3-11,16-18,22H,12-15H2,1-2H3,(H,29,34). The highest BCUT2D eigenvalue weighted by Crippen LogP contribution is 2.31. The molecule has 1 N–H and O–H groups in total. The Morgan fingerprint density at radius 3 is 2.32 bits per heavy atom. The smallest absolute Gasteiger partial charge is 0.365 e. The fourth-order valence-corrected chi connectivity index (χ4v) is 4.69. The van der Waals surface area contributed by atoms with Crippen molar-refractivity contribution < 1.29 is 13.2 Å². The van der Waals surface area contributed by atoms with Crippen molar-refractivity contribution in [1.29, 1.82) is 0 Å². The summed E-state index contributed by atoms with van der Waals surface area (Å²) in [7, 11) is 1.85. The van der Waals surface area contributed by atoms with Crippen LogP contribution in [0, 0.1) is 0 Å². The van der Waals surface area contributed by atoms with Crippen LogP contribution in [-0.2, 0) is 6.18 Å². The van der Waals surface area contributed by atoms with Gasteiger partial charge in [-0.15, -0.1) is 0 Å². The third-order valence-corrected chi connectivity index (χ3v) is 6.80. The van der Waals surface area contributed by atoms with Crippen LogP contribution >= 0.6 is 12.2 Å². The molecule has 2 aromatic carbocycles. The number of aromatic nitrogens is 2. The zero-order valence-corrected chi connectivity index (χ0v) is 20.0. The van der Waals surface area contributed by atoms with Gasteiger partial charge in [0.2, 0.25) is 0 Å². The van der Waals surface area contributed by atoms with Crippen LogP contribution in [0.15, 0.2) is 67.1 Å². The lowest BCUT2D eigenvalue weighted by atomic mass is 10.0. The van der Waals surface area contributed by atoms with Crippen LogP contribution in [-0.4, -0.2) is 45.7 Å². The maximum absolute atomic E-state index is 12.8. The molecule has 0 spiro atoms. The van der Waals surface area contributed by atoms with E-state index in [2.05, 4.69) is 39.2 Å². The molecule has 0 bridgehead atoms. The van der Waals surface area contributed by atoms with Crippen molar-refractivity contribution in [2.75, 3.05) is 25.0 Å². The van der Waals surface area contributed by atoms with Crippen molar-refractivity contribution in [3.63, 3.8) is 0 Å². The number of alkyl halides is 3. The first-order valence-electron chi connectivity index (χ1n) is 11.3. The number of benzene rings is 2. The van der Waals surface area contributed by atoms with Crippen LogP contribution in [0.1, 0.15) is 37.1 Å². The molecule has 3 aromatic rings. The van der Waals surface area contributed by atoms with Crippen LogP contribution in [0.4, 0.5) is 18.9 Å². The van der Waals surface area contributed by atoms with E-state index in [9.17, 15) is 13.2 Å². The molecule has 9 heteroatoms. The van der Waals surface area contributed by atoms with Gasteiger partial charge in [-0.3, -0.25) is 4.90 Å². The Kier molecular flexibility index (Phi) is 7.23. The zero-order valence-electron chi connectivity index (χ0n) is 19.2. The average Bonchev–Trinajstić information content (AvgIpc) is 3.35. The summed E-state index contributed by atoms with van der Waals surface area (Å²) in [6, 6.07) is 15.7. The first-order chi connectivity index (χ1) is 16.3. The summed E-state index contributed by atoms with van der Waals surface area (Å²) in [4.78, 5) is 9.14. The second-order valence-electron chi connectivity index (χ2n) is 8.45. The topological polar surface area (TPSA) is 36.3 Å². The number of para-hydroxylation sites is 1. The van der Waals surface area contributed by atoms with E-state index in [1.54, 1.807) is 10.9 Å². The molecular weight excluding hydrogens is 459 g/mol. The normalized spacial score (nSPS) is 16.3. The minimum absolute atomic E-state index is 0.0954. The molecule has 5 nitrogen and oxygen atoms in total. The first-order valence-corrected chi connectivity index (χ1v) is 11.7. The molecule has 4 rings (SSSR count). The first kappa shape index (κ1) is 24.2. The van der Waals surface area contributed by atoms with Crippen LogP contribution in [0.2, 0.25) is 0 Å². The van der Waals surface area contributed by atoms with Crippen molar-refractivity contribution in [2.24, 2.45) is 0 Å². The van der Waals surface area contributed by atoms with Crippen molar-refractivity contribution in [2.45, 2.75) is 38.0 Å². The van der Waals surface area contributed by atoms with E-state index >= 15 is 0 Å². The van der Waals surface area contributed by atoms with Gasteiger partial charge in [-0.25, -0.2) is 4.98 Å². The molecule has 1 aliphatic rings. The number of likely N-dealkylation sites (tertiary alicyclic amines) is 1. The Hall–Kier alpha value is -2.91. The van der Waals surface area contributed by atoms with E-state index in [1.807, 2.05) is 31.4 Å². The van der Waals surface area contributed by atoms with Gasteiger partial charge in [0.15, 0.2) is 5.11 Å². The summed E-state index contributed by atoms with van der Waals surface area (Å²) in [5, 5.41) is 3.83. The molecule has 1 fully saturated rings. The van der Waals surface area contributed by atoms with Gasteiger partial charge in [-0.05, 0) is 68.4 Å². The number of hydrogen-bond donors (Lipinski definition) is 1. The number of halogens is 3. The minimum Gasteiger partial charge on any atom is -0.365 e. The van der Waals surface area contributed by atoms with Crippen molar-refractivity contribution in [1.82, 2.24) is 19.8 Å². The highest BCUT2D eigenvalue weighted by atomic mass is 32.1. The predicted molar refractivity (Wildman–Crippen MR) is 132 cm³/mol. The lowest BCUT2D eigenvalue weighted by Crippen LogP contribution is -2.50. The van der Waals surface area contributed by atoms with Gasteiger partial charge in [0.05, 0.1) is 23.6 Å². The van der Waals surface area contributed by atoms with Gasteiger partial charge in [-0.2, -0.15) is 13.2 Å². The summed E-state index contributed by atoms with van der Waals surface area (Å²) in [6.07, 6.45) is 1.13. The van der Waals surface area contributed by atoms with E-state index in [4.69, 9.17) is 12.2 Å². The molecule has 1 saturated heterocycles. The van der Waals surface area contributed by atoms with Crippen LogP contribution in [0.3, 0.4) is 0 Å². The molecule has 1 aromatic heterocycles. The largest absolute Gasteiger partial charge is 0.416 e. The number of piperidine rings is 1. The van der Waals surface area contributed by atoms with Gasteiger partial charge < -0.3 is 14.8 Å². The second kappa shape index (κ2) is 10.1. The minimum atomic E-state index is -4.34. The summed E-state index contributed by atoms with van der Waals surface area (Å²) < 4.78 is 40.3. The molecule has 180 valence electrons. The quantitative estimate of drug-likeness (QED) is 0.486. The Bertz CT molecular complexity index is 1090. The SMILES string of the molecule is CNC(=S)N(c1ccccc1)C1CCN(C(C)c2cn(-c3ccc(C(F)(F)F)cc3)cn2)CC1. The number of anilines is 1. The van der Waals surface area contributed by atoms with Gasteiger partial charge in [0.1, 0.15) is 0 Å². The Balaban J connectivity index is 1.41. The fourth-order valence-electron chi connectivity index (χ4n) is 4.44. The van der Waals surface area contributed by atoms with E-state index in [0.29, 0.717) is 16.8 Å². The van der Waals surface area contributed by atoms with E-state index in [1.165, 1.54) is 12.1 Å². The summed E-state index contributed by atoms with van der Waals surface area (Å²) >= 11 is 5.60. The fraction of sp³-hybridized carbons (Fsp3) is 0.360. The monoisotopic (exact) mass is 487 g/mol. The summed E-state index contributed by atoms with van der Waals surface area (Å²) in [5.41, 5.74) is 1.97. The van der Waals surface area contributed by atoms with Crippen LogP contribution in [0.5, 0.6) is 0 Å². The maximum Gasteiger partial charge on any atom is 0.416 e. The molecule has 1 atom stereocenters. The predicted octanol–water partition coefficient (Wildman–Crippen LogP) is 5.43. The van der Waals surface area contributed by atoms with Crippen LogP contribution < -0.4 is 10.2 Å². The Labute approximate surface area is 203 Å². The molecule has 1 unspecified atom stereocenters. The zero-order chi connectivity index (χ0) is 24.3. The summed E-state index contributed by atoms with van der Waals surface area (Å²) in [5.74, 6) is 0. The van der Waals surface area contributed by atoms with Gasteiger partial charge >= 0.3 is 6.18 Å². The lowest BCUT2D eigenvalue weighted by molar-refractivity contribution is -0.137. The van der Waals surface area contributed by atoms with Gasteiger partial charge in [0.25, 0.3) is 0 Å². The molecule has 0 amide bonds. The number of hydrogen-bond acceptors (Lipinski definition) is 3. The Morgan fingerprint density at radius 2 is 1.74 bits per heavy atom. The highest BCUT2D eigenvalue weighted by molar-refractivity contribution is 7.80. The number of nitrogens with zero attached hydrogens (tertiary/aromatic N) is 4. The molecule has 1 aliphatic heterocycles. The van der Waals surface area contributed by atoms with Crippen molar-refractivity contribution in [3.8, 4) is 5.69 Å². The van der Waals surface area contributed by atoms with E-state index in [0.717, 1.165) is 49.4 Å². The average molecular weight is 488 g/mol. The molecular formula is C25H28F3N5S. The molecule has 0 radical (unpaired) electrons. The molecule has 34 heavy (non-hydrogen) atoms. The second-order valence-corrected chi connectivity index (χ2v) is 8.84. The van der Waals surface area contributed by atoms with Gasteiger partial charge in [-0.1, -0.05) is 18.2 Å². The molecule has 0 aliphatic carbocycles. The molecule has 2 heterocycles. The van der Waals surface area contributed by atoms with Crippen molar-refractivity contribution >= 4 is 23.0 Å². The summed E-state index contributed by atoms with van der Waals surface area (Å²) in [6.45, 7) is 3.91. The molecule has 0 saturated carbocycles.